The number of hydrogen-bond donors (Lipinski definition) is 4. The second kappa shape index (κ2) is 3.53. The lowest BCUT2D eigenvalue weighted by atomic mass is 10.1. The second-order valence-corrected chi connectivity index (χ2v) is 2.91. The number of hydrogen-bond acceptors (Lipinski definition) is 4. The molecule has 1 rings (SSSR count). The van der Waals surface area contributed by atoms with Crippen LogP contribution in [0.4, 0.5) is 0 Å². The Morgan fingerprint density at radius 3 is 2.15 bits per heavy atom. The van der Waals surface area contributed by atoms with Gasteiger partial charge in [-0.25, -0.2) is 0 Å². The van der Waals surface area contributed by atoms with Gasteiger partial charge in [-0.05, 0) is 20.0 Å². The number of benzene rings is 1. The Morgan fingerprint density at radius 2 is 1.62 bits per heavy atom. The van der Waals surface area contributed by atoms with Crippen LogP contribution in [0.15, 0.2) is 12.1 Å². The molecule has 0 spiro atoms. The van der Waals surface area contributed by atoms with Crippen molar-refractivity contribution in [3.05, 3.63) is 17.7 Å². The Balaban J connectivity index is 3.15. The molecule has 0 bridgehead atoms. The summed E-state index contributed by atoms with van der Waals surface area (Å²) in [5.41, 5.74) is 0.554. The van der Waals surface area contributed by atoms with E-state index in [1.54, 1.807) is 7.05 Å². The van der Waals surface area contributed by atoms with Crippen molar-refractivity contribution in [2.24, 2.45) is 0 Å². The van der Waals surface area contributed by atoms with E-state index in [9.17, 15) is 10.2 Å². The molecule has 72 valence electrons. The number of phenolic OH excluding ortho intramolecular Hbond substituents is 3. The van der Waals surface area contributed by atoms with E-state index in [0.29, 0.717) is 5.56 Å². The molecule has 0 aliphatic rings. The summed E-state index contributed by atoms with van der Waals surface area (Å²) in [4.78, 5) is 0. The fourth-order valence-corrected chi connectivity index (χ4v) is 1.08. The van der Waals surface area contributed by atoms with Gasteiger partial charge in [0.25, 0.3) is 0 Å². The largest absolute Gasteiger partial charge is 0.507 e. The molecule has 1 aromatic rings. The lowest BCUT2D eigenvalue weighted by molar-refractivity contribution is 0.392. The number of rotatable bonds is 2. The first-order valence-electron chi connectivity index (χ1n) is 3.98. The van der Waals surface area contributed by atoms with Crippen molar-refractivity contribution in [3.8, 4) is 17.2 Å². The number of phenols is 3. The van der Waals surface area contributed by atoms with E-state index in [-0.39, 0.29) is 23.3 Å². The summed E-state index contributed by atoms with van der Waals surface area (Å²) in [7, 11) is 1.74. The van der Waals surface area contributed by atoms with Crippen molar-refractivity contribution in [2.75, 3.05) is 7.05 Å². The van der Waals surface area contributed by atoms with Gasteiger partial charge in [0.2, 0.25) is 0 Å². The Hall–Kier alpha value is -1.42. The Labute approximate surface area is 76.5 Å². The van der Waals surface area contributed by atoms with Crippen molar-refractivity contribution < 1.29 is 15.3 Å². The number of nitrogens with one attached hydrogen (secondary N) is 1. The Kier molecular flexibility index (Phi) is 2.63. The third-order valence-corrected chi connectivity index (χ3v) is 2.02. The van der Waals surface area contributed by atoms with Crippen LogP contribution in [0.3, 0.4) is 0 Å². The zero-order valence-electron chi connectivity index (χ0n) is 7.57. The van der Waals surface area contributed by atoms with Crippen molar-refractivity contribution >= 4 is 0 Å². The van der Waals surface area contributed by atoms with Gasteiger partial charge in [0.15, 0.2) is 11.5 Å². The van der Waals surface area contributed by atoms with E-state index in [4.69, 9.17) is 5.11 Å². The van der Waals surface area contributed by atoms with Crippen LogP contribution in [0.5, 0.6) is 17.2 Å². The van der Waals surface area contributed by atoms with Crippen LogP contribution >= 0.6 is 0 Å². The molecular formula is C9H13NO3. The van der Waals surface area contributed by atoms with Crippen LogP contribution in [-0.4, -0.2) is 22.4 Å². The highest BCUT2D eigenvalue weighted by molar-refractivity contribution is 5.49. The van der Waals surface area contributed by atoms with Gasteiger partial charge in [0, 0.05) is 17.7 Å². The van der Waals surface area contributed by atoms with Crippen LogP contribution < -0.4 is 5.32 Å². The molecule has 1 atom stereocenters. The zero-order chi connectivity index (χ0) is 10.0. The van der Waals surface area contributed by atoms with Crippen molar-refractivity contribution in [2.45, 2.75) is 13.0 Å². The molecule has 4 nitrogen and oxygen atoms in total. The molecule has 0 saturated carbocycles. The van der Waals surface area contributed by atoms with Gasteiger partial charge in [0.1, 0.15) is 5.75 Å². The fourth-order valence-electron chi connectivity index (χ4n) is 1.08. The minimum absolute atomic E-state index is 0.0304. The second-order valence-electron chi connectivity index (χ2n) is 2.91. The van der Waals surface area contributed by atoms with E-state index in [1.807, 2.05) is 6.92 Å². The maximum Gasteiger partial charge on any atom is 0.161 e. The van der Waals surface area contributed by atoms with Crippen LogP contribution in [0, 0.1) is 0 Å². The van der Waals surface area contributed by atoms with Gasteiger partial charge in [-0.2, -0.15) is 0 Å². The van der Waals surface area contributed by atoms with Gasteiger partial charge >= 0.3 is 0 Å². The van der Waals surface area contributed by atoms with E-state index in [2.05, 4.69) is 5.32 Å². The molecular weight excluding hydrogens is 170 g/mol. The molecule has 4 N–H and O–H groups in total. The van der Waals surface area contributed by atoms with E-state index >= 15 is 0 Å². The lowest BCUT2D eigenvalue weighted by Gasteiger charge is -2.13. The molecule has 0 aliphatic heterocycles. The van der Waals surface area contributed by atoms with Gasteiger partial charge in [-0.1, -0.05) is 0 Å². The summed E-state index contributed by atoms with van der Waals surface area (Å²) in [5, 5.41) is 30.6. The SMILES string of the molecule is CN[C@@H](C)c1cc(O)c(O)cc1O. The molecule has 0 aliphatic carbocycles. The first-order chi connectivity index (χ1) is 6.06. The van der Waals surface area contributed by atoms with Gasteiger partial charge in [-0.15, -0.1) is 0 Å². The minimum Gasteiger partial charge on any atom is -0.507 e. The third-order valence-electron chi connectivity index (χ3n) is 2.02. The summed E-state index contributed by atoms with van der Waals surface area (Å²) in [6.07, 6.45) is 0. The Bertz CT molecular complexity index is 312. The van der Waals surface area contributed by atoms with Crippen molar-refractivity contribution in [3.63, 3.8) is 0 Å². The van der Waals surface area contributed by atoms with Crippen LogP contribution in [0.2, 0.25) is 0 Å². The minimum atomic E-state index is -0.315. The maximum absolute atomic E-state index is 9.41. The molecule has 4 heteroatoms. The van der Waals surface area contributed by atoms with E-state index < -0.39 is 0 Å². The van der Waals surface area contributed by atoms with Crippen LogP contribution in [-0.2, 0) is 0 Å². The summed E-state index contributed by atoms with van der Waals surface area (Å²) in [5.74, 6) is -0.573. The Morgan fingerprint density at radius 1 is 1.08 bits per heavy atom. The molecule has 0 radical (unpaired) electrons. The topological polar surface area (TPSA) is 72.7 Å². The van der Waals surface area contributed by atoms with Crippen LogP contribution in [0.1, 0.15) is 18.5 Å². The quantitative estimate of drug-likeness (QED) is 0.409. The number of aromatic hydroxyl groups is 3. The highest BCUT2D eigenvalue weighted by Gasteiger charge is 2.11. The van der Waals surface area contributed by atoms with Crippen molar-refractivity contribution in [1.82, 2.24) is 5.32 Å². The molecule has 13 heavy (non-hydrogen) atoms. The molecule has 0 saturated heterocycles. The predicted octanol–water partition coefficient (Wildman–Crippen LogP) is 1.08. The average molecular weight is 183 g/mol. The lowest BCUT2D eigenvalue weighted by Crippen LogP contribution is -2.12. The molecule has 0 unspecified atom stereocenters. The first kappa shape index (κ1) is 9.67. The average Bonchev–Trinajstić information content (AvgIpc) is 2.10. The molecule has 0 aromatic heterocycles. The van der Waals surface area contributed by atoms with Gasteiger partial charge in [0.05, 0.1) is 0 Å². The summed E-state index contributed by atoms with van der Waals surface area (Å²) >= 11 is 0. The van der Waals surface area contributed by atoms with E-state index in [1.165, 1.54) is 6.07 Å². The normalized spacial score (nSPS) is 12.8. The standard InChI is InChI=1S/C9H13NO3/c1-5(10-2)6-3-8(12)9(13)4-7(6)11/h3-5,10-13H,1-2H3/t5-/m0/s1. The first-order valence-corrected chi connectivity index (χ1v) is 3.98. The van der Waals surface area contributed by atoms with Crippen LogP contribution in [0.25, 0.3) is 0 Å². The summed E-state index contributed by atoms with van der Waals surface area (Å²) < 4.78 is 0. The van der Waals surface area contributed by atoms with Crippen molar-refractivity contribution in [1.29, 1.82) is 0 Å². The predicted molar refractivity (Wildman–Crippen MR) is 48.9 cm³/mol. The third kappa shape index (κ3) is 1.84. The highest BCUT2D eigenvalue weighted by atomic mass is 16.3. The molecule has 1 aromatic carbocycles. The van der Waals surface area contributed by atoms with Gasteiger partial charge in [-0.3, -0.25) is 0 Å². The molecule has 0 amide bonds. The smallest absolute Gasteiger partial charge is 0.161 e. The highest BCUT2D eigenvalue weighted by Crippen LogP contribution is 2.34. The molecule has 0 heterocycles. The fraction of sp³-hybridized carbons (Fsp3) is 0.333. The summed E-state index contributed by atoms with van der Waals surface area (Å²) in [6, 6.07) is 2.39. The zero-order valence-corrected chi connectivity index (χ0v) is 7.57. The van der Waals surface area contributed by atoms with E-state index in [0.717, 1.165) is 6.07 Å². The monoisotopic (exact) mass is 183 g/mol. The van der Waals surface area contributed by atoms with Gasteiger partial charge < -0.3 is 20.6 Å². The summed E-state index contributed by atoms with van der Waals surface area (Å²) in [6.45, 7) is 1.84. The molecule has 0 fully saturated rings. The maximum atomic E-state index is 9.41.